The Hall–Kier alpha value is -3.54. The molecule has 142 valence electrons. The summed E-state index contributed by atoms with van der Waals surface area (Å²) in [5, 5.41) is 5.19. The van der Waals surface area contributed by atoms with E-state index in [9.17, 15) is 18.4 Å². The lowest BCUT2D eigenvalue weighted by molar-refractivity contribution is 0.0949. The van der Waals surface area contributed by atoms with Crippen LogP contribution in [0.4, 0.5) is 14.5 Å². The molecule has 6 heteroatoms. The lowest BCUT2D eigenvalue weighted by atomic mass is 10.1. The molecule has 0 fully saturated rings. The van der Waals surface area contributed by atoms with E-state index in [2.05, 4.69) is 10.6 Å². The number of carbonyl (C=O) groups excluding carboxylic acids is 2. The van der Waals surface area contributed by atoms with Crippen molar-refractivity contribution in [2.75, 3.05) is 5.32 Å². The van der Waals surface area contributed by atoms with Crippen molar-refractivity contribution in [2.24, 2.45) is 0 Å². The first-order valence-corrected chi connectivity index (χ1v) is 8.62. The Kier molecular flexibility index (Phi) is 5.79. The van der Waals surface area contributed by atoms with E-state index in [1.807, 2.05) is 31.2 Å². The number of anilines is 1. The molecule has 0 atom stereocenters. The highest BCUT2D eigenvalue weighted by atomic mass is 19.1. The van der Waals surface area contributed by atoms with Crippen LogP contribution in [0.15, 0.2) is 66.7 Å². The molecular formula is C22H18F2N2O2. The van der Waals surface area contributed by atoms with Gasteiger partial charge in [0.2, 0.25) is 0 Å². The second-order valence-electron chi connectivity index (χ2n) is 6.33. The number of hydrogen-bond donors (Lipinski definition) is 2. The number of halogens is 2. The van der Waals surface area contributed by atoms with Crippen molar-refractivity contribution >= 4 is 17.5 Å². The van der Waals surface area contributed by atoms with Gasteiger partial charge in [-0.05, 0) is 48.9 Å². The number of hydrogen-bond acceptors (Lipinski definition) is 2. The van der Waals surface area contributed by atoms with E-state index in [0.29, 0.717) is 18.2 Å². The van der Waals surface area contributed by atoms with E-state index in [1.54, 1.807) is 0 Å². The zero-order chi connectivity index (χ0) is 20.1. The third-order valence-corrected chi connectivity index (χ3v) is 4.12. The van der Waals surface area contributed by atoms with E-state index in [1.165, 1.54) is 24.3 Å². The number of carbonyl (C=O) groups is 2. The first kappa shape index (κ1) is 19.2. The highest BCUT2D eigenvalue weighted by Gasteiger charge is 2.12. The van der Waals surface area contributed by atoms with Crippen LogP contribution in [0, 0.1) is 18.6 Å². The molecule has 3 aromatic rings. The van der Waals surface area contributed by atoms with Crippen molar-refractivity contribution in [1.29, 1.82) is 0 Å². The second-order valence-corrected chi connectivity index (χ2v) is 6.33. The van der Waals surface area contributed by atoms with Gasteiger partial charge >= 0.3 is 0 Å². The van der Waals surface area contributed by atoms with Crippen molar-refractivity contribution in [2.45, 2.75) is 13.5 Å². The molecule has 0 heterocycles. The molecule has 0 spiro atoms. The molecule has 0 radical (unpaired) electrons. The second kappa shape index (κ2) is 8.43. The van der Waals surface area contributed by atoms with E-state index in [-0.39, 0.29) is 17.2 Å². The SMILES string of the molecule is Cc1cccc(CNC(=O)c2ccc(C(=O)Nc3ccc(F)cc3F)cc2)c1. The Labute approximate surface area is 161 Å². The molecule has 0 saturated carbocycles. The number of benzene rings is 3. The Morgan fingerprint density at radius 1 is 0.857 bits per heavy atom. The largest absolute Gasteiger partial charge is 0.348 e. The molecule has 28 heavy (non-hydrogen) atoms. The molecule has 3 rings (SSSR count). The van der Waals surface area contributed by atoms with Crippen LogP contribution in [0.5, 0.6) is 0 Å². The molecular weight excluding hydrogens is 362 g/mol. The molecule has 0 aliphatic heterocycles. The van der Waals surface area contributed by atoms with Gasteiger partial charge in [0.05, 0.1) is 5.69 Å². The summed E-state index contributed by atoms with van der Waals surface area (Å²) < 4.78 is 26.6. The zero-order valence-corrected chi connectivity index (χ0v) is 15.1. The quantitative estimate of drug-likeness (QED) is 0.687. The van der Waals surface area contributed by atoms with Gasteiger partial charge in [0.15, 0.2) is 0 Å². The summed E-state index contributed by atoms with van der Waals surface area (Å²) >= 11 is 0. The third-order valence-electron chi connectivity index (χ3n) is 4.12. The summed E-state index contributed by atoms with van der Waals surface area (Å²) in [6.07, 6.45) is 0. The fourth-order valence-corrected chi connectivity index (χ4v) is 2.66. The maximum atomic E-state index is 13.6. The molecule has 0 bridgehead atoms. The lowest BCUT2D eigenvalue weighted by Gasteiger charge is -2.08. The molecule has 0 unspecified atom stereocenters. The van der Waals surface area contributed by atoms with Gasteiger partial charge in [-0.3, -0.25) is 9.59 Å². The molecule has 4 nitrogen and oxygen atoms in total. The van der Waals surface area contributed by atoms with Gasteiger partial charge in [-0.1, -0.05) is 29.8 Å². The fraction of sp³-hybridized carbons (Fsp3) is 0.0909. The van der Waals surface area contributed by atoms with Crippen LogP contribution in [-0.4, -0.2) is 11.8 Å². The van der Waals surface area contributed by atoms with Gasteiger partial charge in [-0.15, -0.1) is 0 Å². The van der Waals surface area contributed by atoms with Gasteiger partial charge in [0.1, 0.15) is 11.6 Å². The topological polar surface area (TPSA) is 58.2 Å². The summed E-state index contributed by atoms with van der Waals surface area (Å²) in [7, 11) is 0. The molecule has 2 amide bonds. The van der Waals surface area contributed by atoms with Crippen molar-refractivity contribution < 1.29 is 18.4 Å². The van der Waals surface area contributed by atoms with E-state index in [0.717, 1.165) is 23.3 Å². The Balaban J connectivity index is 1.62. The molecule has 3 aromatic carbocycles. The summed E-state index contributed by atoms with van der Waals surface area (Å²) in [6.45, 7) is 2.37. The molecule has 0 aromatic heterocycles. The summed E-state index contributed by atoms with van der Waals surface area (Å²) in [5.41, 5.74) is 2.63. The lowest BCUT2D eigenvalue weighted by Crippen LogP contribution is -2.23. The predicted molar refractivity (Wildman–Crippen MR) is 103 cm³/mol. The van der Waals surface area contributed by atoms with Gasteiger partial charge in [-0.2, -0.15) is 0 Å². The van der Waals surface area contributed by atoms with E-state index < -0.39 is 17.5 Å². The summed E-state index contributed by atoms with van der Waals surface area (Å²) in [4.78, 5) is 24.5. The van der Waals surface area contributed by atoms with E-state index >= 15 is 0 Å². The van der Waals surface area contributed by atoms with Crippen molar-refractivity contribution in [1.82, 2.24) is 5.32 Å². The summed E-state index contributed by atoms with van der Waals surface area (Å²) in [6, 6.07) is 16.7. The van der Waals surface area contributed by atoms with Crippen molar-refractivity contribution in [3.63, 3.8) is 0 Å². The average molecular weight is 380 g/mol. The van der Waals surface area contributed by atoms with Crippen LogP contribution in [0.2, 0.25) is 0 Å². The van der Waals surface area contributed by atoms with Gasteiger partial charge in [0.25, 0.3) is 11.8 Å². The summed E-state index contributed by atoms with van der Waals surface area (Å²) in [5.74, 6) is -2.41. The van der Waals surface area contributed by atoms with Crippen molar-refractivity contribution in [3.8, 4) is 0 Å². The van der Waals surface area contributed by atoms with Crippen LogP contribution in [-0.2, 0) is 6.54 Å². The van der Waals surface area contributed by atoms with Crippen LogP contribution in [0.1, 0.15) is 31.8 Å². The highest BCUT2D eigenvalue weighted by Crippen LogP contribution is 2.16. The number of aryl methyl sites for hydroxylation is 1. The van der Waals surface area contributed by atoms with Crippen LogP contribution in [0.3, 0.4) is 0 Å². The van der Waals surface area contributed by atoms with Crippen LogP contribution >= 0.6 is 0 Å². The minimum Gasteiger partial charge on any atom is -0.348 e. The molecule has 0 aliphatic carbocycles. The van der Waals surface area contributed by atoms with Crippen LogP contribution in [0.25, 0.3) is 0 Å². The third kappa shape index (κ3) is 4.79. The first-order chi connectivity index (χ1) is 13.4. The van der Waals surface area contributed by atoms with Gasteiger partial charge in [0, 0.05) is 23.7 Å². The minimum atomic E-state index is -0.861. The average Bonchev–Trinajstić information content (AvgIpc) is 2.68. The van der Waals surface area contributed by atoms with E-state index in [4.69, 9.17) is 0 Å². The molecule has 0 saturated heterocycles. The predicted octanol–water partition coefficient (Wildman–Crippen LogP) is 4.46. The maximum Gasteiger partial charge on any atom is 0.255 e. The number of amides is 2. The van der Waals surface area contributed by atoms with Gasteiger partial charge < -0.3 is 10.6 Å². The fourth-order valence-electron chi connectivity index (χ4n) is 2.66. The normalized spacial score (nSPS) is 10.4. The monoisotopic (exact) mass is 380 g/mol. The first-order valence-electron chi connectivity index (χ1n) is 8.62. The Morgan fingerprint density at radius 3 is 2.18 bits per heavy atom. The standard InChI is InChI=1S/C22H18F2N2O2/c1-14-3-2-4-15(11-14)13-25-21(27)16-5-7-17(8-6-16)22(28)26-20-10-9-18(23)12-19(20)24/h2-12H,13H2,1H3,(H,25,27)(H,26,28). The van der Waals surface area contributed by atoms with Crippen molar-refractivity contribution in [3.05, 3.63) is 101 Å². The minimum absolute atomic E-state index is 0.119. The molecule has 0 aliphatic rings. The highest BCUT2D eigenvalue weighted by molar-refractivity contribution is 6.05. The van der Waals surface area contributed by atoms with Crippen LogP contribution < -0.4 is 10.6 Å². The Morgan fingerprint density at radius 2 is 1.54 bits per heavy atom. The number of nitrogens with one attached hydrogen (secondary N) is 2. The number of rotatable bonds is 5. The zero-order valence-electron chi connectivity index (χ0n) is 15.1. The maximum absolute atomic E-state index is 13.6. The smallest absolute Gasteiger partial charge is 0.255 e. The Bertz CT molecular complexity index is 1020. The molecule has 2 N–H and O–H groups in total. The van der Waals surface area contributed by atoms with Gasteiger partial charge in [-0.25, -0.2) is 8.78 Å².